The van der Waals surface area contributed by atoms with Gasteiger partial charge in [0.15, 0.2) is 0 Å². The zero-order valence-electron chi connectivity index (χ0n) is 5.50. The van der Waals surface area contributed by atoms with Gasteiger partial charge in [-0.2, -0.15) is 0 Å². The van der Waals surface area contributed by atoms with Gasteiger partial charge in [0.2, 0.25) is 0 Å². The first kappa shape index (κ1) is 7.90. The van der Waals surface area contributed by atoms with Gasteiger partial charge >= 0.3 is 0 Å². The van der Waals surface area contributed by atoms with Crippen LogP contribution in [0.1, 0.15) is 12.8 Å². The molecule has 0 radical (unpaired) electrons. The third-order valence-electron chi connectivity index (χ3n) is 2.23. The molecule has 0 aliphatic carbocycles. The molecule has 0 aromatic carbocycles. The van der Waals surface area contributed by atoms with Crippen LogP contribution in [0.4, 0.5) is 0 Å². The van der Waals surface area contributed by atoms with Crippen LogP contribution in [0.15, 0.2) is 0 Å². The van der Waals surface area contributed by atoms with Crippen molar-refractivity contribution >= 4 is 31.3 Å². The van der Waals surface area contributed by atoms with Crippen molar-refractivity contribution in [3.8, 4) is 0 Å². The van der Waals surface area contributed by atoms with Gasteiger partial charge in [-0.05, 0) is 0 Å². The molecule has 0 unspecified atom stereocenters. The molecule has 1 fully saturated rings. The molecule has 1 aliphatic rings. The van der Waals surface area contributed by atoms with Gasteiger partial charge in [-0.25, -0.2) is 0 Å². The van der Waals surface area contributed by atoms with Crippen LogP contribution in [0.25, 0.3) is 0 Å². The largest absolute Gasteiger partial charge is 0.130 e. The highest BCUT2D eigenvalue weighted by Crippen LogP contribution is 2.31. The number of hydrogen-bond acceptors (Lipinski definition) is 0. The molecule has 0 N–H and O–H groups in total. The predicted molar refractivity (Wildman–Crippen MR) is 46.0 cm³/mol. The molecule has 9 heavy (non-hydrogen) atoms. The summed E-state index contributed by atoms with van der Waals surface area (Å²) >= 11 is 11.7. The van der Waals surface area contributed by atoms with E-state index in [9.17, 15) is 0 Å². The van der Waals surface area contributed by atoms with E-state index in [-0.39, 0.29) is 0 Å². The van der Waals surface area contributed by atoms with Crippen molar-refractivity contribution in [3.05, 3.63) is 0 Å². The summed E-state index contributed by atoms with van der Waals surface area (Å²) in [6.07, 6.45) is 2.76. The second-order valence-corrected chi connectivity index (χ2v) is 9.11. The van der Waals surface area contributed by atoms with E-state index in [1.807, 2.05) is 0 Å². The maximum Gasteiger partial charge on any atom is 0.0860 e. The van der Waals surface area contributed by atoms with Crippen molar-refractivity contribution in [1.82, 2.24) is 0 Å². The molecule has 0 aromatic heterocycles. The van der Waals surface area contributed by atoms with E-state index in [0.717, 1.165) is 11.0 Å². The minimum absolute atomic E-state index is 0.885. The molecule has 0 aromatic rings. The van der Waals surface area contributed by atoms with Crippen LogP contribution in [0, 0.1) is 0 Å². The van der Waals surface area contributed by atoms with Gasteiger partial charge in [0.05, 0.1) is 8.07 Å². The Kier molecular flexibility index (Phi) is 2.87. The molecule has 1 heterocycles. The number of alkyl halides is 2. The van der Waals surface area contributed by atoms with E-state index >= 15 is 0 Å². The standard InChI is InChI=1S/C6H12Cl2Si/c7-5-9(6-8)3-1-2-4-9/h1-6H2. The second kappa shape index (κ2) is 3.27. The monoisotopic (exact) mass is 182 g/mol. The van der Waals surface area contributed by atoms with Crippen molar-refractivity contribution < 1.29 is 0 Å². The van der Waals surface area contributed by atoms with Crippen LogP contribution in [-0.4, -0.2) is 19.1 Å². The lowest BCUT2D eigenvalue weighted by molar-refractivity contribution is 0.935. The first-order valence-corrected chi connectivity index (χ1v) is 7.35. The zero-order chi connectivity index (χ0) is 6.74. The SMILES string of the molecule is ClC[Si]1(CCl)CCCC1. The number of hydrogen-bond donors (Lipinski definition) is 0. The fraction of sp³-hybridized carbons (Fsp3) is 1.00. The molecule has 1 aliphatic heterocycles. The molecule has 54 valence electrons. The predicted octanol–water partition coefficient (Wildman–Crippen LogP) is 2.79. The Bertz CT molecular complexity index is 83.1. The van der Waals surface area contributed by atoms with E-state index in [1.54, 1.807) is 0 Å². The lowest BCUT2D eigenvalue weighted by atomic mass is 10.4. The first-order valence-electron chi connectivity index (χ1n) is 3.45. The van der Waals surface area contributed by atoms with E-state index in [2.05, 4.69) is 0 Å². The Labute approximate surface area is 67.5 Å². The second-order valence-electron chi connectivity index (χ2n) is 2.97. The highest BCUT2D eigenvalue weighted by Gasteiger charge is 2.34. The Morgan fingerprint density at radius 3 is 1.67 bits per heavy atom. The van der Waals surface area contributed by atoms with Gasteiger partial charge in [0.25, 0.3) is 0 Å². The third-order valence-corrected chi connectivity index (χ3v) is 9.60. The summed E-state index contributed by atoms with van der Waals surface area (Å²) in [5.74, 6) is 0. The Balaban J connectivity index is 2.45. The van der Waals surface area contributed by atoms with Gasteiger partial charge in [-0.3, -0.25) is 0 Å². The number of rotatable bonds is 2. The maximum atomic E-state index is 5.84. The summed E-state index contributed by atoms with van der Waals surface area (Å²) in [6, 6.07) is 2.75. The van der Waals surface area contributed by atoms with Crippen LogP contribution in [-0.2, 0) is 0 Å². The van der Waals surface area contributed by atoms with Gasteiger partial charge in [-0.15, -0.1) is 23.2 Å². The number of halogens is 2. The fourth-order valence-electron chi connectivity index (χ4n) is 1.43. The van der Waals surface area contributed by atoms with Gasteiger partial charge in [0.1, 0.15) is 0 Å². The van der Waals surface area contributed by atoms with Crippen molar-refractivity contribution in [1.29, 1.82) is 0 Å². The van der Waals surface area contributed by atoms with E-state index in [0.29, 0.717) is 0 Å². The lowest BCUT2D eigenvalue weighted by Gasteiger charge is -2.18. The average Bonchev–Trinajstić information content (AvgIpc) is 2.36. The Hall–Kier alpha value is 0.797. The molecule has 0 amide bonds. The molecule has 1 saturated heterocycles. The highest BCUT2D eigenvalue weighted by molar-refractivity contribution is 6.90. The third kappa shape index (κ3) is 1.63. The average molecular weight is 183 g/mol. The summed E-state index contributed by atoms with van der Waals surface area (Å²) in [5, 5.41) is 0. The van der Waals surface area contributed by atoms with Gasteiger partial charge < -0.3 is 0 Å². The lowest BCUT2D eigenvalue weighted by Crippen LogP contribution is -2.35. The van der Waals surface area contributed by atoms with Crippen molar-refractivity contribution in [3.63, 3.8) is 0 Å². The fourth-order valence-corrected chi connectivity index (χ4v) is 6.74. The highest BCUT2D eigenvalue weighted by atomic mass is 35.5. The smallest absolute Gasteiger partial charge is 0.0860 e. The Morgan fingerprint density at radius 2 is 1.44 bits per heavy atom. The van der Waals surface area contributed by atoms with Crippen molar-refractivity contribution in [2.75, 3.05) is 11.0 Å². The quantitative estimate of drug-likeness (QED) is 0.456. The summed E-state index contributed by atoms with van der Waals surface area (Å²) in [4.78, 5) is 0. The van der Waals surface area contributed by atoms with Crippen molar-refractivity contribution in [2.45, 2.75) is 24.9 Å². The minimum Gasteiger partial charge on any atom is -0.130 e. The van der Waals surface area contributed by atoms with Crippen LogP contribution in [0.5, 0.6) is 0 Å². The van der Waals surface area contributed by atoms with Crippen LogP contribution in [0.3, 0.4) is 0 Å². The van der Waals surface area contributed by atoms with E-state index in [1.165, 1.54) is 24.9 Å². The topological polar surface area (TPSA) is 0 Å². The zero-order valence-corrected chi connectivity index (χ0v) is 8.01. The molecule has 0 nitrogen and oxygen atoms in total. The summed E-state index contributed by atoms with van der Waals surface area (Å²) < 4.78 is 0. The summed E-state index contributed by atoms with van der Waals surface area (Å²) in [6.45, 7) is 0. The van der Waals surface area contributed by atoms with E-state index < -0.39 is 8.07 Å². The molecule has 3 heteroatoms. The summed E-state index contributed by atoms with van der Waals surface area (Å²) in [7, 11) is -1.05. The molecule has 1 rings (SSSR count). The molecular formula is C6H12Cl2Si. The summed E-state index contributed by atoms with van der Waals surface area (Å²) in [5.41, 5.74) is 1.77. The molecule has 0 saturated carbocycles. The van der Waals surface area contributed by atoms with Crippen molar-refractivity contribution in [2.24, 2.45) is 0 Å². The minimum atomic E-state index is -1.05. The van der Waals surface area contributed by atoms with E-state index in [4.69, 9.17) is 23.2 Å². The van der Waals surface area contributed by atoms with Crippen LogP contribution >= 0.6 is 23.2 Å². The normalized spacial score (nSPS) is 24.7. The Morgan fingerprint density at radius 1 is 1.00 bits per heavy atom. The molecule has 0 spiro atoms. The van der Waals surface area contributed by atoms with Gasteiger partial charge in [-0.1, -0.05) is 24.9 Å². The first-order chi connectivity index (χ1) is 4.33. The van der Waals surface area contributed by atoms with Crippen LogP contribution < -0.4 is 0 Å². The molecule has 0 atom stereocenters. The maximum absolute atomic E-state index is 5.84. The van der Waals surface area contributed by atoms with Gasteiger partial charge in [0, 0.05) is 11.0 Å². The molecular weight excluding hydrogens is 171 g/mol. The molecule has 0 bridgehead atoms. The van der Waals surface area contributed by atoms with Crippen LogP contribution in [0.2, 0.25) is 12.1 Å².